The lowest BCUT2D eigenvalue weighted by Crippen LogP contribution is -2.30. The van der Waals surface area contributed by atoms with E-state index in [0.29, 0.717) is 0 Å². The van der Waals surface area contributed by atoms with Crippen LogP contribution in [0.1, 0.15) is 25.7 Å². The molecule has 1 aromatic heterocycles. The largest absolute Gasteiger partial charge is 0.397 e. The van der Waals surface area contributed by atoms with Gasteiger partial charge in [-0.15, -0.1) is 0 Å². The van der Waals surface area contributed by atoms with Gasteiger partial charge in [0.05, 0.1) is 29.7 Å². The van der Waals surface area contributed by atoms with E-state index in [1.165, 1.54) is 12.8 Å². The van der Waals surface area contributed by atoms with E-state index in [4.69, 9.17) is 5.73 Å². The van der Waals surface area contributed by atoms with Gasteiger partial charge in [0, 0.05) is 17.3 Å². The molecule has 0 spiro atoms. The Morgan fingerprint density at radius 2 is 2.16 bits per heavy atom. The summed E-state index contributed by atoms with van der Waals surface area (Å²) in [5, 5.41) is 21.0. The third-order valence-electron chi connectivity index (χ3n) is 4.26. The molecule has 1 heterocycles. The highest BCUT2D eigenvalue weighted by molar-refractivity contribution is 5.88. The number of aromatic nitrogens is 2. The minimum absolute atomic E-state index is 0.0232. The molecule has 1 aliphatic carbocycles. The van der Waals surface area contributed by atoms with E-state index in [1.54, 1.807) is 6.20 Å². The van der Waals surface area contributed by atoms with Crippen LogP contribution in [-0.4, -0.2) is 28.5 Å². The fourth-order valence-electron chi connectivity index (χ4n) is 2.96. The number of hydrogen-bond donors (Lipinski definition) is 4. The Hall–Kier alpha value is -1.75. The maximum Gasteiger partial charge on any atom is 0.0672 e. The summed E-state index contributed by atoms with van der Waals surface area (Å²) in [5.74, 6) is 0. The summed E-state index contributed by atoms with van der Waals surface area (Å²) in [6.07, 6.45) is 6.35. The quantitative estimate of drug-likeness (QED) is 0.634. The first-order valence-electron chi connectivity index (χ1n) is 6.80. The number of nitrogens with one attached hydrogen (secondary N) is 2. The monoisotopic (exact) mass is 260 g/mol. The van der Waals surface area contributed by atoms with Crippen LogP contribution in [0.25, 0.3) is 10.9 Å². The second kappa shape index (κ2) is 4.74. The number of aliphatic hydroxyl groups is 1. The highest BCUT2D eigenvalue weighted by Crippen LogP contribution is 2.38. The predicted molar refractivity (Wildman–Crippen MR) is 77.0 cm³/mol. The van der Waals surface area contributed by atoms with E-state index in [-0.39, 0.29) is 12.0 Å². The van der Waals surface area contributed by atoms with Crippen LogP contribution in [0.5, 0.6) is 0 Å². The SMILES string of the molecule is Nc1cc2cn[nH]c2cc1NCC1(CO)CCCC1. The van der Waals surface area contributed by atoms with Crippen LogP contribution in [0, 0.1) is 5.41 Å². The highest BCUT2D eigenvalue weighted by atomic mass is 16.3. The third kappa shape index (κ3) is 2.26. The number of anilines is 2. The number of benzene rings is 1. The van der Waals surface area contributed by atoms with Crippen molar-refractivity contribution in [3.8, 4) is 0 Å². The van der Waals surface area contributed by atoms with Crippen molar-refractivity contribution in [2.75, 3.05) is 24.2 Å². The molecule has 1 fully saturated rings. The number of nitrogens with two attached hydrogens (primary N) is 1. The first-order valence-corrected chi connectivity index (χ1v) is 6.80. The molecule has 3 rings (SSSR count). The van der Waals surface area contributed by atoms with E-state index in [1.807, 2.05) is 12.1 Å². The van der Waals surface area contributed by atoms with Gasteiger partial charge in [-0.1, -0.05) is 12.8 Å². The van der Waals surface area contributed by atoms with Gasteiger partial charge >= 0.3 is 0 Å². The van der Waals surface area contributed by atoms with Crippen LogP contribution in [0.2, 0.25) is 0 Å². The average Bonchev–Trinajstić information content (AvgIpc) is 3.05. The molecule has 0 bridgehead atoms. The van der Waals surface area contributed by atoms with Crippen LogP contribution in [0.4, 0.5) is 11.4 Å². The van der Waals surface area contributed by atoms with E-state index >= 15 is 0 Å². The Balaban J connectivity index is 1.79. The summed E-state index contributed by atoms with van der Waals surface area (Å²) in [6, 6.07) is 3.90. The molecule has 0 unspecified atom stereocenters. The van der Waals surface area contributed by atoms with Crippen LogP contribution in [0.15, 0.2) is 18.3 Å². The van der Waals surface area contributed by atoms with Gasteiger partial charge in [-0.25, -0.2) is 0 Å². The zero-order valence-electron chi connectivity index (χ0n) is 10.9. The summed E-state index contributed by atoms with van der Waals surface area (Å²) < 4.78 is 0. The smallest absolute Gasteiger partial charge is 0.0672 e. The molecule has 0 amide bonds. The fraction of sp³-hybridized carbons (Fsp3) is 0.500. The van der Waals surface area contributed by atoms with Gasteiger partial charge < -0.3 is 16.2 Å². The number of aliphatic hydroxyl groups excluding tert-OH is 1. The molecule has 2 aromatic rings. The normalized spacial score (nSPS) is 17.9. The number of H-pyrrole nitrogens is 1. The molecule has 1 aromatic carbocycles. The summed E-state index contributed by atoms with van der Waals surface area (Å²) in [7, 11) is 0. The summed E-state index contributed by atoms with van der Waals surface area (Å²) >= 11 is 0. The molecule has 1 saturated carbocycles. The molecule has 0 radical (unpaired) electrons. The van der Waals surface area contributed by atoms with E-state index in [9.17, 15) is 5.11 Å². The lowest BCUT2D eigenvalue weighted by Gasteiger charge is -2.27. The van der Waals surface area contributed by atoms with Gasteiger partial charge in [0.25, 0.3) is 0 Å². The molecule has 19 heavy (non-hydrogen) atoms. The zero-order valence-corrected chi connectivity index (χ0v) is 10.9. The van der Waals surface area contributed by atoms with Crippen molar-refractivity contribution < 1.29 is 5.11 Å². The number of hydrogen-bond acceptors (Lipinski definition) is 4. The van der Waals surface area contributed by atoms with E-state index < -0.39 is 0 Å². The van der Waals surface area contributed by atoms with Gasteiger partial charge in [0.1, 0.15) is 0 Å². The zero-order chi connectivity index (χ0) is 13.3. The Kier molecular flexibility index (Phi) is 3.06. The molecule has 1 aliphatic rings. The van der Waals surface area contributed by atoms with Crippen LogP contribution >= 0.6 is 0 Å². The Morgan fingerprint density at radius 1 is 1.37 bits per heavy atom. The first kappa shape index (κ1) is 12.3. The number of aromatic amines is 1. The van der Waals surface area contributed by atoms with Gasteiger partial charge in [-0.2, -0.15) is 5.10 Å². The van der Waals surface area contributed by atoms with Crippen molar-refractivity contribution in [2.45, 2.75) is 25.7 Å². The van der Waals surface area contributed by atoms with Gasteiger partial charge in [0.2, 0.25) is 0 Å². The standard InChI is InChI=1S/C14H20N4O/c15-11-5-10-7-17-18-12(10)6-13(11)16-8-14(9-19)3-1-2-4-14/h5-7,16,19H,1-4,8-9,15H2,(H,17,18). The molecule has 0 saturated heterocycles. The highest BCUT2D eigenvalue weighted by Gasteiger charge is 2.32. The minimum Gasteiger partial charge on any atom is -0.397 e. The number of nitrogens with zero attached hydrogens (tertiary/aromatic N) is 1. The lowest BCUT2D eigenvalue weighted by atomic mass is 9.87. The van der Waals surface area contributed by atoms with Crippen molar-refractivity contribution in [3.05, 3.63) is 18.3 Å². The molecule has 5 nitrogen and oxygen atoms in total. The number of nitrogen functional groups attached to an aromatic ring is 1. The lowest BCUT2D eigenvalue weighted by molar-refractivity contribution is 0.142. The maximum absolute atomic E-state index is 9.62. The fourth-order valence-corrected chi connectivity index (χ4v) is 2.96. The van der Waals surface area contributed by atoms with E-state index in [2.05, 4.69) is 15.5 Å². The van der Waals surface area contributed by atoms with Crippen molar-refractivity contribution in [1.29, 1.82) is 0 Å². The minimum atomic E-state index is 0.0232. The molecular formula is C14H20N4O. The van der Waals surface area contributed by atoms with E-state index in [0.717, 1.165) is 41.7 Å². The summed E-state index contributed by atoms with van der Waals surface area (Å²) in [6.45, 7) is 1.01. The number of fused-ring (bicyclic) bond motifs is 1. The molecule has 5 heteroatoms. The Bertz CT molecular complexity index is 572. The van der Waals surface area contributed by atoms with Gasteiger partial charge in [-0.05, 0) is 25.0 Å². The van der Waals surface area contributed by atoms with Gasteiger partial charge in [0.15, 0.2) is 0 Å². The second-order valence-electron chi connectivity index (χ2n) is 5.62. The third-order valence-corrected chi connectivity index (χ3v) is 4.26. The Morgan fingerprint density at radius 3 is 2.89 bits per heavy atom. The molecule has 5 N–H and O–H groups in total. The molecule has 0 aliphatic heterocycles. The van der Waals surface area contributed by atoms with Crippen molar-refractivity contribution >= 4 is 22.3 Å². The van der Waals surface area contributed by atoms with Crippen LogP contribution in [-0.2, 0) is 0 Å². The Labute approximate surface area is 112 Å². The predicted octanol–water partition coefficient (Wildman–Crippen LogP) is 2.11. The van der Waals surface area contributed by atoms with Crippen molar-refractivity contribution in [2.24, 2.45) is 5.41 Å². The summed E-state index contributed by atoms with van der Waals surface area (Å²) in [5.41, 5.74) is 8.68. The van der Waals surface area contributed by atoms with Crippen molar-refractivity contribution in [3.63, 3.8) is 0 Å². The van der Waals surface area contributed by atoms with Crippen LogP contribution in [0.3, 0.4) is 0 Å². The number of rotatable bonds is 4. The average molecular weight is 260 g/mol. The summed E-state index contributed by atoms with van der Waals surface area (Å²) in [4.78, 5) is 0. The van der Waals surface area contributed by atoms with Crippen LogP contribution < -0.4 is 11.1 Å². The topological polar surface area (TPSA) is 87.0 Å². The second-order valence-corrected chi connectivity index (χ2v) is 5.62. The maximum atomic E-state index is 9.62. The van der Waals surface area contributed by atoms with Crippen molar-refractivity contribution in [1.82, 2.24) is 10.2 Å². The molecular weight excluding hydrogens is 240 g/mol. The molecule has 102 valence electrons. The van der Waals surface area contributed by atoms with Gasteiger partial charge in [-0.3, -0.25) is 5.10 Å². The molecule has 0 atom stereocenters. The first-order chi connectivity index (χ1) is 9.22.